The lowest BCUT2D eigenvalue weighted by atomic mass is 10.0. The average Bonchev–Trinajstić information content (AvgIpc) is 2.30. The van der Waals surface area contributed by atoms with Crippen LogP contribution in [0.2, 0.25) is 0 Å². The number of nitrogens with zero attached hydrogens (tertiary/aromatic N) is 1. The molecule has 0 atom stereocenters. The first kappa shape index (κ1) is 11.1. The van der Waals surface area contributed by atoms with Crippen LogP contribution >= 0.6 is 11.6 Å². The molecule has 0 saturated carbocycles. The van der Waals surface area contributed by atoms with Crippen molar-refractivity contribution in [2.75, 3.05) is 0 Å². The Hall–Kier alpha value is -1.39. The largest absolute Gasteiger partial charge is 0.256 e. The number of allylic oxidation sites excluding steroid dienone is 4. The van der Waals surface area contributed by atoms with E-state index in [0.29, 0.717) is 9.90 Å². The maximum Gasteiger partial charge on any atom is 0.217 e. The van der Waals surface area contributed by atoms with E-state index < -0.39 is 10.3 Å². The second kappa shape index (κ2) is 4.63. The first-order chi connectivity index (χ1) is 7.68. The highest BCUT2D eigenvalue weighted by molar-refractivity contribution is 7.73. The van der Waals surface area contributed by atoms with Gasteiger partial charge in [0.15, 0.2) is 0 Å². The van der Waals surface area contributed by atoms with Crippen LogP contribution in [0.25, 0.3) is 5.57 Å². The molecule has 1 aromatic rings. The van der Waals surface area contributed by atoms with Crippen molar-refractivity contribution in [3.63, 3.8) is 0 Å². The summed E-state index contributed by atoms with van der Waals surface area (Å²) in [4.78, 5) is 4.46. The van der Waals surface area contributed by atoms with Crippen molar-refractivity contribution >= 4 is 32.3 Å². The highest BCUT2D eigenvalue weighted by Gasteiger charge is 2.13. The third-order valence-corrected chi connectivity index (χ3v) is 3.26. The smallest absolute Gasteiger partial charge is 0.217 e. The molecule has 0 amide bonds. The number of aromatic nitrogens is 1. The maximum absolute atomic E-state index is 10.8. The number of hydrogen-bond donors (Lipinski definition) is 0. The van der Waals surface area contributed by atoms with Gasteiger partial charge in [-0.15, -0.1) is 0 Å². The van der Waals surface area contributed by atoms with Crippen molar-refractivity contribution in [3.8, 4) is 0 Å². The van der Waals surface area contributed by atoms with E-state index in [1.807, 2.05) is 18.2 Å². The first-order valence-electron chi connectivity index (χ1n) is 4.61. The van der Waals surface area contributed by atoms with Gasteiger partial charge < -0.3 is 0 Å². The van der Waals surface area contributed by atoms with Crippen LogP contribution in [0, 0.1) is 0 Å². The molecule has 82 valence electrons. The summed E-state index contributed by atoms with van der Waals surface area (Å²) in [5, 5.41) is 0.500. The van der Waals surface area contributed by atoms with Gasteiger partial charge in [-0.2, -0.15) is 8.42 Å². The summed E-state index contributed by atoms with van der Waals surface area (Å²) in [6.07, 6.45) is 5.14. The third-order valence-electron chi connectivity index (χ3n) is 2.21. The van der Waals surface area contributed by atoms with Gasteiger partial charge in [-0.25, -0.2) is 0 Å². The summed E-state index contributed by atoms with van der Waals surface area (Å²) >= 11 is 6.05. The second-order valence-electron chi connectivity index (χ2n) is 3.24. The molecule has 0 aliphatic heterocycles. The van der Waals surface area contributed by atoms with Crippen LogP contribution in [0.1, 0.15) is 12.1 Å². The molecule has 0 saturated heterocycles. The van der Waals surface area contributed by atoms with Crippen LogP contribution in [-0.4, -0.2) is 18.3 Å². The Kier molecular flexibility index (Phi) is 3.22. The lowest BCUT2D eigenvalue weighted by Crippen LogP contribution is -2.02. The lowest BCUT2D eigenvalue weighted by molar-refractivity contribution is 0.627. The predicted molar refractivity (Wildman–Crippen MR) is 64.7 cm³/mol. The van der Waals surface area contributed by atoms with E-state index in [2.05, 4.69) is 4.98 Å². The van der Waals surface area contributed by atoms with E-state index in [4.69, 9.17) is 11.6 Å². The van der Waals surface area contributed by atoms with E-state index in [1.165, 1.54) is 0 Å². The van der Waals surface area contributed by atoms with Gasteiger partial charge in [0.2, 0.25) is 10.3 Å². The molecule has 1 aromatic heterocycles. The zero-order valence-electron chi connectivity index (χ0n) is 8.22. The predicted octanol–water partition coefficient (Wildman–Crippen LogP) is 2.04. The van der Waals surface area contributed by atoms with E-state index in [-0.39, 0.29) is 6.42 Å². The Bertz CT molecular complexity index is 592. The van der Waals surface area contributed by atoms with Crippen molar-refractivity contribution in [1.29, 1.82) is 0 Å². The summed E-state index contributed by atoms with van der Waals surface area (Å²) in [5.41, 5.74) is 1.52. The van der Waals surface area contributed by atoms with Crippen LogP contribution in [0.5, 0.6) is 0 Å². The molecule has 2 rings (SSSR count). The number of hydrogen-bond acceptors (Lipinski definition) is 3. The molecule has 0 bridgehead atoms. The minimum absolute atomic E-state index is 0.236. The summed E-state index contributed by atoms with van der Waals surface area (Å²) in [6, 6.07) is 5.51. The Labute approximate surface area is 99.6 Å². The molecule has 3 nitrogen and oxygen atoms in total. The Morgan fingerprint density at radius 2 is 2.06 bits per heavy atom. The fraction of sp³-hybridized carbons (Fsp3) is 0.0909. The molecule has 1 heterocycles. The van der Waals surface area contributed by atoms with Crippen LogP contribution in [-0.2, 0) is 10.3 Å². The van der Waals surface area contributed by atoms with Crippen molar-refractivity contribution in [3.05, 3.63) is 47.3 Å². The summed E-state index contributed by atoms with van der Waals surface area (Å²) in [6.45, 7) is 0. The normalized spacial score (nSPS) is 15.4. The average molecular weight is 254 g/mol. The van der Waals surface area contributed by atoms with Crippen molar-refractivity contribution < 1.29 is 8.42 Å². The second-order valence-corrected chi connectivity index (χ2v) is 4.69. The SMILES string of the molecule is O=S(=O)=C1C=CC(c2ccccn2)=C(Cl)C1. The van der Waals surface area contributed by atoms with E-state index in [1.54, 1.807) is 18.3 Å². The maximum atomic E-state index is 10.8. The van der Waals surface area contributed by atoms with Gasteiger partial charge in [0.25, 0.3) is 0 Å². The fourth-order valence-electron chi connectivity index (χ4n) is 1.43. The molecule has 0 fully saturated rings. The van der Waals surface area contributed by atoms with E-state index in [0.717, 1.165) is 11.3 Å². The standard InChI is InChI=1S/C11H8ClNO2S/c12-10-7-8(16(14)15)4-5-9(10)11-3-1-2-6-13-11/h1-6H,7H2. The van der Waals surface area contributed by atoms with Gasteiger partial charge in [0.1, 0.15) is 0 Å². The van der Waals surface area contributed by atoms with Crippen LogP contribution in [0.15, 0.2) is 41.6 Å². The number of rotatable bonds is 1. The van der Waals surface area contributed by atoms with Crippen molar-refractivity contribution in [2.45, 2.75) is 6.42 Å². The number of pyridine rings is 1. The molecule has 0 radical (unpaired) electrons. The Morgan fingerprint density at radius 1 is 1.25 bits per heavy atom. The molecule has 0 N–H and O–H groups in total. The molecule has 1 aliphatic rings. The van der Waals surface area contributed by atoms with Crippen LogP contribution in [0.3, 0.4) is 0 Å². The van der Waals surface area contributed by atoms with Gasteiger partial charge >= 0.3 is 0 Å². The monoisotopic (exact) mass is 253 g/mol. The number of halogens is 1. The molecule has 0 aromatic carbocycles. The quantitative estimate of drug-likeness (QED) is 0.720. The Balaban J connectivity index is 2.45. The highest BCUT2D eigenvalue weighted by Crippen LogP contribution is 2.27. The zero-order valence-corrected chi connectivity index (χ0v) is 9.79. The lowest BCUT2D eigenvalue weighted by Gasteiger charge is -2.10. The molecular formula is C11H8ClNO2S. The minimum atomic E-state index is -2.20. The molecule has 0 unspecified atom stereocenters. The van der Waals surface area contributed by atoms with Crippen molar-refractivity contribution in [1.82, 2.24) is 4.98 Å². The van der Waals surface area contributed by atoms with Gasteiger partial charge in [-0.1, -0.05) is 23.7 Å². The minimum Gasteiger partial charge on any atom is -0.256 e. The van der Waals surface area contributed by atoms with Gasteiger partial charge in [0, 0.05) is 23.2 Å². The molecular weight excluding hydrogens is 246 g/mol. The van der Waals surface area contributed by atoms with Gasteiger partial charge in [0.05, 0.1) is 10.6 Å². The van der Waals surface area contributed by atoms with E-state index in [9.17, 15) is 8.42 Å². The van der Waals surface area contributed by atoms with Crippen LogP contribution < -0.4 is 0 Å². The molecule has 1 aliphatic carbocycles. The zero-order chi connectivity index (χ0) is 11.5. The molecule has 0 spiro atoms. The molecule has 16 heavy (non-hydrogen) atoms. The fourth-order valence-corrected chi connectivity index (χ4v) is 2.26. The summed E-state index contributed by atoms with van der Waals surface area (Å²) < 4.78 is 21.5. The van der Waals surface area contributed by atoms with Crippen molar-refractivity contribution in [2.24, 2.45) is 0 Å². The highest BCUT2D eigenvalue weighted by atomic mass is 35.5. The summed E-state index contributed by atoms with van der Waals surface area (Å²) in [5.74, 6) is 0. The van der Waals surface area contributed by atoms with Gasteiger partial charge in [-0.05, 0) is 18.2 Å². The first-order valence-corrected chi connectivity index (χ1v) is 6.07. The van der Waals surface area contributed by atoms with E-state index >= 15 is 0 Å². The molecule has 5 heteroatoms. The Morgan fingerprint density at radius 3 is 2.62 bits per heavy atom. The van der Waals surface area contributed by atoms with Crippen LogP contribution in [0.4, 0.5) is 0 Å². The summed E-state index contributed by atoms with van der Waals surface area (Å²) in [7, 11) is -2.20. The third kappa shape index (κ3) is 2.23. The topological polar surface area (TPSA) is 47.0 Å². The van der Waals surface area contributed by atoms with Gasteiger partial charge in [-0.3, -0.25) is 4.98 Å².